The molecule has 7 nitrogen and oxygen atoms in total. The van der Waals surface area contributed by atoms with Gasteiger partial charge in [-0.05, 0) is 49.7 Å². The van der Waals surface area contributed by atoms with Crippen molar-refractivity contribution in [3.8, 4) is 0 Å². The molecule has 0 aromatic heterocycles. The topological polar surface area (TPSA) is 116 Å². The first-order chi connectivity index (χ1) is 15.5. The highest BCUT2D eigenvalue weighted by Gasteiger charge is 2.36. The third-order valence-corrected chi connectivity index (χ3v) is 6.29. The highest BCUT2D eigenvalue weighted by molar-refractivity contribution is 5.87. The molecule has 7 heteroatoms. The molecule has 1 aliphatic rings. The molecule has 1 aliphatic carbocycles. The molecule has 2 aromatic carbocycles. The maximum atomic E-state index is 13.4. The van der Waals surface area contributed by atoms with Crippen LogP contribution in [0.5, 0.6) is 0 Å². The fourth-order valence-corrected chi connectivity index (χ4v) is 4.45. The van der Waals surface area contributed by atoms with E-state index in [1.165, 1.54) is 0 Å². The van der Waals surface area contributed by atoms with E-state index < -0.39 is 23.7 Å². The van der Waals surface area contributed by atoms with Crippen molar-refractivity contribution in [1.82, 2.24) is 10.8 Å². The van der Waals surface area contributed by atoms with Crippen LogP contribution < -0.4 is 10.8 Å². The fourth-order valence-electron chi connectivity index (χ4n) is 4.45. The summed E-state index contributed by atoms with van der Waals surface area (Å²) in [7, 11) is 0. The molecule has 0 spiro atoms. The third-order valence-electron chi connectivity index (χ3n) is 6.29. The van der Waals surface area contributed by atoms with E-state index in [0.29, 0.717) is 38.5 Å². The Morgan fingerprint density at radius 1 is 0.781 bits per heavy atom. The summed E-state index contributed by atoms with van der Waals surface area (Å²) in [5, 5.41) is 21.7. The van der Waals surface area contributed by atoms with E-state index >= 15 is 0 Å². The highest BCUT2D eigenvalue weighted by Crippen LogP contribution is 2.27. The lowest BCUT2D eigenvalue weighted by Crippen LogP contribution is -2.47. The molecule has 2 aromatic rings. The van der Waals surface area contributed by atoms with E-state index in [1.54, 1.807) is 5.48 Å². The van der Waals surface area contributed by atoms with Crippen LogP contribution in [-0.2, 0) is 27.2 Å². The van der Waals surface area contributed by atoms with Gasteiger partial charge >= 0.3 is 5.97 Å². The van der Waals surface area contributed by atoms with Gasteiger partial charge < -0.3 is 10.4 Å². The van der Waals surface area contributed by atoms with Gasteiger partial charge in [-0.1, -0.05) is 60.7 Å². The maximum Gasteiger partial charge on any atom is 0.306 e. The number of nitrogens with one attached hydrogen (secondary N) is 2. The van der Waals surface area contributed by atoms with E-state index in [9.17, 15) is 24.7 Å². The number of carbonyl (C=O) groups excluding carboxylic acids is 2. The van der Waals surface area contributed by atoms with Gasteiger partial charge in [0.25, 0.3) is 0 Å². The lowest BCUT2D eigenvalue weighted by atomic mass is 9.80. The summed E-state index contributed by atoms with van der Waals surface area (Å²) in [5.41, 5.74) is 3.56. The molecule has 2 atom stereocenters. The smallest absolute Gasteiger partial charge is 0.306 e. The van der Waals surface area contributed by atoms with Gasteiger partial charge in [-0.25, -0.2) is 5.48 Å². The van der Waals surface area contributed by atoms with E-state index in [-0.39, 0.29) is 17.9 Å². The number of carboxylic acids is 1. The van der Waals surface area contributed by atoms with Crippen LogP contribution in [0.25, 0.3) is 0 Å². The molecule has 1 saturated carbocycles. The lowest BCUT2D eigenvalue weighted by molar-refractivity contribution is -0.143. The molecule has 2 amide bonds. The molecule has 0 bridgehead atoms. The van der Waals surface area contributed by atoms with E-state index in [4.69, 9.17) is 0 Å². The Morgan fingerprint density at radius 2 is 1.25 bits per heavy atom. The molecule has 32 heavy (non-hydrogen) atoms. The summed E-state index contributed by atoms with van der Waals surface area (Å²) in [6.45, 7) is 0. The van der Waals surface area contributed by atoms with Crippen molar-refractivity contribution in [2.24, 2.45) is 17.8 Å². The number of rotatable bonds is 9. The normalized spacial score (nSPS) is 20.0. The van der Waals surface area contributed by atoms with Gasteiger partial charge in [0, 0.05) is 6.04 Å². The lowest BCUT2D eigenvalue weighted by Gasteiger charge is -2.30. The summed E-state index contributed by atoms with van der Waals surface area (Å²) in [4.78, 5) is 37.3. The molecule has 4 N–H and O–H groups in total. The van der Waals surface area contributed by atoms with Crippen LogP contribution in [0.15, 0.2) is 60.7 Å². The molecule has 0 heterocycles. The standard InChI is InChI=1S/C25H30N2O5/c28-23(26-20-13-11-19(12-14-20)25(30)31)21(15-17-7-3-1-4-8-17)22(24(29)27-32)16-18-9-5-2-6-10-18/h1-10,19-22,32H,11-16H2,(H,26,28)(H,27,29)(H,30,31)/t19?,20?,21-,22-/m1/s1. The Kier molecular flexibility index (Phi) is 8.39. The molecule has 0 saturated heterocycles. The molecule has 1 fully saturated rings. The average Bonchev–Trinajstić information content (AvgIpc) is 2.82. The number of hydroxylamine groups is 1. The summed E-state index contributed by atoms with van der Waals surface area (Å²) < 4.78 is 0. The number of amides is 2. The van der Waals surface area contributed by atoms with Gasteiger partial charge in [0.05, 0.1) is 17.8 Å². The SMILES string of the molecule is O=C(O)C1CCC(NC(=O)[C@H](Cc2ccccc2)[C@@H](Cc2ccccc2)C(=O)NO)CC1. The second-order valence-corrected chi connectivity index (χ2v) is 8.46. The predicted molar refractivity (Wildman–Crippen MR) is 119 cm³/mol. The van der Waals surface area contributed by atoms with Crippen LogP contribution in [0.1, 0.15) is 36.8 Å². The van der Waals surface area contributed by atoms with Gasteiger partial charge in [0.15, 0.2) is 0 Å². The Labute approximate surface area is 187 Å². The first-order valence-corrected chi connectivity index (χ1v) is 11.0. The molecule has 170 valence electrons. The van der Waals surface area contributed by atoms with Crippen LogP contribution in [0.3, 0.4) is 0 Å². The van der Waals surface area contributed by atoms with Crippen LogP contribution in [0, 0.1) is 17.8 Å². The van der Waals surface area contributed by atoms with Gasteiger partial charge in [-0.2, -0.15) is 0 Å². The van der Waals surface area contributed by atoms with Crippen molar-refractivity contribution in [1.29, 1.82) is 0 Å². The zero-order valence-electron chi connectivity index (χ0n) is 17.9. The minimum atomic E-state index is -0.792. The number of carbonyl (C=O) groups is 3. The van der Waals surface area contributed by atoms with E-state index in [1.807, 2.05) is 60.7 Å². The second kappa shape index (κ2) is 11.4. The maximum absolute atomic E-state index is 13.4. The summed E-state index contributed by atoms with van der Waals surface area (Å²) in [5.74, 6) is -3.47. The van der Waals surface area contributed by atoms with Crippen molar-refractivity contribution in [3.63, 3.8) is 0 Å². The van der Waals surface area contributed by atoms with Crippen molar-refractivity contribution >= 4 is 17.8 Å². The van der Waals surface area contributed by atoms with Gasteiger partial charge in [-0.15, -0.1) is 0 Å². The second-order valence-electron chi connectivity index (χ2n) is 8.46. The Hall–Kier alpha value is -3.19. The fraction of sp³-hybridized carbons (Fsp3) is 0.400. The summed E-state index contributed by atoms with van der Waals surface area (Å²) >= 11 is 0. The van der Waals surface area contributed by atoms with E-state index in [2.05, 4.69) is 5.32 Å². The molecule has 0 aliphatic heterocycles. The van der Waals surface area contributed by atoms with Crippen LogP contribution in [0.2, 0.25) is 0 Å². The molecule has 3 rings (SSSR count). The Bertz CT molecular complexity index is 895. The van der Waals surface area contributed by atoms with E-state index in [0.717, 1.165) is 11.1 Å². The first kappa shape index (κ1) is 23.5. The van der Waals surface area contributed by atoms with Crippen molar-refractivity contribution < 1.29 is 24.7 Å². The van der Waals surface area contributed by atoms with Crippen molar-refractivity contribution in [2.45, 2.75) is 44.6 Å². The molecular weight excluding hydrogens is 408 g/mol. The third kappa shape index (κ3) is 6.40. The number of hydrogen-bond donors (Lipinski definition) is 4. The first-order valence-electron chi connectivity index (χ1n) is 11.0. The van der Waals surface area contributed by atoms with Gasteiger partial charge in [0.1, 0.15) is 0 Å². The number of aliphatic carboxylic acids is 1. The van der Waals surface area contributed by atoms with Crippen LogP contribution in [0.4, 0.5) is 0 Å². The Morgan fingerprint density at radius 3 is 1.69 bits per heavy atom. The zero-order chi connectivity index (χ0) is 22.9. The van der Waals surface area contributed by atoms with Gasteiger partial charge in [0.2, 0.25) is 11.8 Å². The monoisotopic (exact) mass is 438 g/mol. The Balaban J connectivity index is 1.80. The number of benzene rings is 2. The summed E-state index contributed by atoms with van der Waals surface area (Å²) in [6.07, 6.45) is 2.89. The minimum Gasteiger partial charge on any atom is -0.481 e. The van der Waals surface area contributed by atoms with Crippen molar-refractivity contribution in [3.05, 3.63) is 71.8 Å². The molecule has 0 unspecified atom stereocenters. The number of carboxylic acid groups (broad SMARTS) is 1. The summed E-state index contributed by atoms with van der Waals surface area (Å²) in [6, 6.07) is 18.8. The average molecular weight is 439 g/mol. The van der Waals surface area contributed by atoms with Gasteiger partial charge in [-0.3, -0.25) is 19.6 Å². The zero-order valence-corrected chi connectivity index (χ0v) is 17.9. The number of hydrogen-bond acceptors (Lipinski definition) is 4. The minimum absolute atomic E-state index is 0.120. The quantitative estimate of drug-likeness (QED) is 0.355. The van der Waals surface area contributed by atoms with Crippen molar-refractivity contribution in [2.75, 3.05) is 0 Å². The highest BCUT2D eigenvalue weighted by atomic mass is 16.5. The van der Waals surface area contributed by atoms with Crippen LogP contribution >= 0.6 is 0 Å². The molecule has 0 radical (unpaired) electrons. The predicted octanol–water partition coefficient (Wildman–Crippen LogP) is 2.97. The molecular formula is C25H30N2O5. The largest absolute Gasteiger partial charge is 0.481 e. The van der Waals surface area contributed by atoms with Crippen LogP contribution in [-0.4, -0.2) is 34.1 Å².